The molecule has 0 fully saturated rings. The molecule has 0 saturated heterocycles. The van der Waals surface area contributed by atoms with Crippen LogP contribution in [0.1, 0.15) is 10.4 Å². The second-order valence-corrected chi connectivity index (χ2v) is 3.84. The molecule has 2 rings (SSSR count). The molecule has 1 heterocycles. The summed E-state index contributed by atoms with van der Waals surface area (Å²) in [4.78, 5) is 24.4. The number of pyridine rings is 1. The van der Waals surface area contributed by atoms with E-state index in [0.717, 1.165) is 30.5 Å². The second kappa shape index (κ2) is 5.57. The first-order valence-corrected chi connectivity index (χ1v) is 5.45. The summed E-state index contributed by atoms with van der Waals surface area (Å²) >= 11 is 0. The topological polar surface area (TPSA) is 85.1 Å². The van der Waals surface area contributed by atoms with Gasteiger partial charge in [0.15, 0.2) is 5.82 Å². The molecule has 0 aliphatic rings. The molecule has 1 aromatic heterocycles. The highest BCUT2D eigenvalue weighted by atomic mass is 19.2. The molecule has 0 saturated carbocycles. The minimum Gasteiger partial charge on any atom is -0.322 e. The molecule has 0 spiro atoms. The van der Waals surface area contributed by atoms with Gasteiger partial charge in [-0.2, -0.15) is 8.78 Å². The minimum absolute atomic E-state index is 0.135. The van der Waals surface area contributed by atoms with Gasteiger partial charge in [0.2, 0.25) is 11.8 Å². The van der Waals surface area contributed by atoms with E-state index in [9.17, 15) is 28.1 Å². The number of hydrogen-bond donors (Lipinski definition) is 1. The summed E-state index contributed by atoms with van der Waals surface area (Å²) in [6, 6.07) is 3.53. The summed E-state index contributed by atoms with van der Waals surface area (Å²) in [7, 11) is 0. The van der Waals surface area contributed by atoms with Crippen molar-refractivity contribution in [1.82, 2.24) is 4.98 Å². The summed E-state index contributed by atoms with van der Waals surface area (Å²) in [6.45, 7) is 0. The second-order valence-electron chi connectivity index (χ2n) is 3.84. The fourth-order valence-corrected chi connectivity index (χ4v) is 1.52. The molecule has 2 aromatic rings. The summed E-state index contributed by atoms with van der Waals surface area (Å²) in [5, 5.41) is 12.7. The quantitative estimate of drug-likeness (QED) is 0.536. The number of nitro groups is 1. The van der Waals surface area contributed by atoms with Gasteiger partial charge >= 0.3 is 5.69 Å². The van der Waals surface area contributed by atoms with Crippen LogP contribution >= 0.6 is 0 Å². The zero-order chi connectivity index (χ0) is 15.6. The first-order valence-electron chi connectivity index (χ1n) is 5.45. The normalized spacial score (nSPS) is 10.2. The Balaban J connectivity index is 2.30. The van der Waals surface area contributed by atoms with Gasteiger partial charge in [-0.1, -0.05) is 0 Å². The summed E-state index contributed by atoms with van der Waals surface area (Å²) in [5.74, 6) is -5.03. The van der Waals surface area contributed by atoms with E-state index in [1.165, 1.54) is 0 Å². The monoisotopic (exact) mass is 297 g/mol. The highest BCUT2D eigenvalue weighted by Crippen LogP contribution is 2.22. The first-order chi connectivity index (χ1) is 9.90. The number of nitrogens with one attached hydrogen (secondary N) is 1. The van der Waals surface area contributed by atoms with Crippen LogP contribution in [0.5, 0.6) is 0 Å². The lowest BCUT2D eigenvalue weighted by Gasteiger charge is -2.06. The van der Waals surface area contributed by atoms with E-state index in [-0.39, 0.29) is 5.69 Å². The SMILES string of the molecule is O=C(Nc1ccc(F)c([N+](=O)[O-])c1)c1ccnc(F)c1F. The number of benzene rings is 1. The van der Waals surface area contributed by atoms with Crippen LogP contribution in [0.25, 0.3) is 0 Å². The first kappa shape index (κ1) is 14.4. The van der Waals surface area contributed by atoms with Gasteiger partial charge in [-0.3, -0.25) is 14.9 Å². The van der Waals surface area contributed by atoms with Gasteiger partial charge in [0, 0.05) is 18.0 Å². The summed E-state index contributed by atoms with van der Waals surface area (Å²) in [5.41, 5.74) is -1.62. The highest BCUT2D eigenvalue weighted by molar-refractivity contribution is 6.04. The highest BCUT2D eigenvalue weighted by Gasteiger charge is 2.19. The zero-order valence-corrected chi connectivity index (χ0v) is 10.1. The van der Waals surface area contributed by atoms with Crippen LogP contribution in [0, 0.1) is 27.7 Å². The molecule has 0 atom stereocenters. The average Bonchev–Trinajstić information content (AvgIpc) is 2.43. The van der Waals surface area contributed by atoms with Crippen molar-refractivity contribution in [2.45, 2.75) is 0 Å². The van der Waals surface area contributed by atoms with Crippen LogP contribution < -0.4 is 5.32 Å². The molecule has 0 radical (unpaired) electrons. The van der Waals surface area contributed by atoms with Gasteiger partial charge in [0.1, 0.15) is 0 Å². The predicted molar refractivity (Wildman–Crippen MR) is 65.2 cm³/mol. The lowest BCUT2D eigenvalue weighted by atomic mass is 10.2. The number of aromatic nitrogens is 1. The third-order valence-corrected chi connectivity index (χ3v) is 2.49. The number of nitro benzene ring substituents is 1. The van der Waals surface area contributed by atoms with Crippen molar-refractivity contribution in [1.29, 1.82) is 0 Å². The van der Waals surface area contributed by atoms with Crippen LogP contribution in [-0.4, -0.2) is 15.8 Å². The van der Waals surface area contributed by atoms with Crippen LogP contribution in [0.15, 0.2) is 30.5 Å². The number of anilines is 1. The average molecular weight is 297 g/mol. The zero-order valence-electron chi connectivity index (χ0n) is 10.1. The van der Waals surface area contributed by atoms with Gasteiger partial charge in [0.25, 0.3) is 5.91 Å². The molecular formula is C12H6F3N3O3. The lowest BCUT2D eigenvalue weighted by Crippen LogP contribution is -2.15. The third-order valence-electron chi connectivity index (χ3n) is 2.49. The van der Waals surface area contributed by atoms with Crippen LogP contribution in [0.3, 0.4) is 0 Å². The van der Waals surface area contributed by atoms with Crippen molar-refractivity contribution in [3.8, 4) is 0 Å². The number of nitrogens with zero attached hydrogens (tertiary/aromatic N) is 2. The molecule has 0 bridgehead atoms. The number of amides is 1. The summed E-state index contributed by atoms with van der Waals surface area (Å²) < 4.78 is 39.4. The Labute approximate surface area is 115 Å². The van der Waals surface area contributed by atoms with E-state index in [2.05, 4.69) is 10.3 Å². The Morgan fingerprint density at radius 2 is 1.95 bits per heavy atom. The molecule has 0 aliphatic carbocycles. The molecule has 1 N–H and O–H groups in total. The maximum absolute atomic E-state index is 13.4. The van der Waals surface area contributed by atoms with Crippen LogP contribution in [0.4, 0.5) is 24.5 Å². The van der Waals surface area contributed by atoms with Crippen LogP contribution in [-0.2, 0) is 0 Å². The number of carbonyl (C=O) groups is 1. The molecule has 0 aliphatic heterocycles. The Kier molecular flexibility index (Phi) is 3.83. The largest absolute Gasteiger partial charge is 0.322 e. The van der Waals surface area contributed by atoms with Gasteiger partial charge in [-0.25, -0.2) is 9.37 Å². The molecule has 9 heteroatoms. The van der Waals surface area contributed by atoms with Gasteiger partial charge in [-0.05, 0) is 18.2 Å². The maximum atomic E-state index is 13.4. The number of hydrogen-bond acceptors (Lipinski definition) is 4. The standard InChI is InChI=1S/C12H6F3N3O3/c13-8-2-1-6(5-9(8)18(20)21)17-12(19)7-3-4-16-11(15)10(7)14/h1-5H,(H,17,19). The smallest absolute Gasteiger partial charge is 0.306 e. The Hall–Kier alpha value is -2.97. The molecule has 1 amide bonds. The molecule has 0 unspecified atom stereocenters. The summed E-state index contributed by atoms with van der Waals surface area (Å²) in [6.07, 6.45) is 0.889. The maximum Gasteiger partial charge on any atom is 0.306 e. The lowest BCUT2D eigenvalue weighted by molar-refractivity contribution is -0.387. The number of carbonyl (C=O) groups excluding carboxylic acids is 1. The van der Waals surface area contributed by atoms with E-state index in [4.69, 9.17) is 0 Å². The Bertz CT molecular complexity index is 737. The van der Waals surface area contributed by atoms with Crippen LogP contribution in [0.2, 0.25) is 0 Å². The van der Waals surface area contributed by atoms with E-state index in [0.29, 0.717) is 0 Å². The van der Waals surface area contributed by atoms with Crippen molar-refractivity contribution in [2.75, 3.05) is 5.32 Å². The van der Waals surface area contributed by atoms with Gasteiger partial charge in [0.05, 0.1) is 10.5 Å². The van der Waals surface area contributed by atoms with Crippen molar-refractivity contribution >= 4 is 17.3 Å². The van der Waals surface area contributed by atoms with Crippen molar-refractivity contribution in [3.63, 3.8) is 0 Å². The molecule has 108 valence electrons. The van der Waals surface area contributed by atoms with Crippen molar-refractivity contribution in [2.24, 2.45) is 0 Å². The van der Waals surface area contributed by atoms with E-state index >= 15 is 0 Å². The molecule has 21 heavy (non-hydrogen) atoms. The van der Waals surface area contributed by atoms with E-state index in [1.807, 2.05) is 0 Å². The predicted octanol–water partition coefficient (Wildman–Crippen LogP) is 2.66. The third kappa shape index (κ3) is 2.96. The minimum atomic E-state index is -1.45. The van der Waals surface area contributed by atoms with Crippen molar-refractivity contribution < 1.29 is 22.9 Å². The number of rotatable bonds is 3. The van der Waals surface area contributed by atoms with E-state index in [1.54, 1.807) is 0 Å². The molecule has 1 aromatic carbocycles. The number of halogens is 3. The Morgan fingerprint density at radius 3 is 2.62 bits per heavy atom. The fourth-order valence-electron chi connectivity index (χ4n) is 1.52. The van der Waals surface area contributed by atoms with E-state index < -0.39 is 39.7 Å². The van der Waals surface area contributed by atoms with Gasteiger partial charge in [-0.15, -0.1) is 0 Å². The fraction of sp³-hybridized carbons (Fsp3) is 0. The van der Waals surface area contributed by atoms with Crippen molar-refractivity contribution in [3.05, 3.63) is 63.7 Å². The molecule has 6 nitrogen and oxygen atoms in total. The van der Waals surface area contributed by atoms with Gasteiger partial charge < -0.3 is 5.32 Å². The Morgan fingerprint density at radius 1 is 1.24 bits per heavy atom. The molecular weight excluding hydrogens is 291 g/mol.